The minimum absolute atomic E-state index is 0.165. The van der Waals surface area contributed by atoms with Gasteiger partial charge in [0, 0.05) is 77.1 Å². The zero-order chi connectivity index (χ0) is 23.5. The molecule has 1 unspecified atom stereocenters. The van der Waals surface area contributed by atoms with Crippen molar-refractivity contribution < 1.29 is 9.84 Å². The molecule has 0 spiro atoms. The zero-order valence-electron chi connectivity index (χ0n) is 19.5. The van der Waals surface area contributed by atoms with E-state index in [4.69, 9.17) is 4.74 Å². The van der Waals surface area contributed by atoms with Crippen LogP contribution in [0.15, 0.2) is 73.2 Å². The third-order valence-electron chi connectivity index (χ3n) is 7.50. The molecule has 5 heterocycles. The number of aromatic nitrogens is 3. The summed E-state index contributed by atoms with van der Waals surface area (Å²) in [5, 5.41) is 12.2. The number of pyridine rings is 1. The predicted molar refractivity (Wildman–Crippen MR) is 139 cm³/mol. The minimum Gasteiger partial charge on any atom is -0.507 e. The molecular formula is C29H26N4O2. The molecular weight excluding hydrogens is 436 g/mol. The van der Waals surface area contributed by atoms with E-state index in [1.807, 2.05) is 18.3 Å². The van der Waals surface area contributed by atoms with E-state index < -0.39 is 0 Å². The van der Waals surface area contributed by atoms with E-state index in [2.05, 4.69) is 75.0 Å². The molecule has 2 aliphatic heterocycles. The third kappa shape index (κ3) is 3.10. The van der Waals surface area contributed by atoms with Crippen LogP contribution in [0.5, 0.6) is 5.75 Å². The van der Waals surface area contributed by atoms with Crippen molar-refractivity contribution in [2.75, 3.05) is 31.2 Å². The van der Waals surface area contributed by atoms with Crippen LogP contribution in [-0.2, 0) is 4.74 Å². The Balaban J connectivity index is 1.55. The Bertz CT molecular complexity index is 1560. The van der Waals surface area contributed by atoms with Crippen LogP contribution in [0.25, 0.3) is 39.1 Å². The van der Waals surface area contributed by atoms with E-state index in [9.17, 15) is 5.11 Å². The number of rotatable bonds is 2. The van der Waals surface area contributed by atoms with Crippen LogP contribution < -0.4 is 4.90 Å². The maximum absolute atomic E-state index is 11.1. The topological polar surface area (TPSA) is 66.3 Å². The molecule has 174 valence electrons. The third-order valence-corrected chi connectivity index (χ3v) is 7.50. The lowest BCUT2D eigenvalue weighted by molar-refractivity contribution is 0.122. The second-order valence-corrected chi connectivity index (χ2v) is 9.40. The lowest BCUT2D eigenvalue weighted by Crippen LogP contribution is -2.37. The second-order valence-electron chi connectivity index (χ2n) is 9.40. The van der Waals surface area contributed by atoms with Crippen molar-refractivity contribution in [2.24, 2.45) is 0 Å². The average molecular weight is 463 g/mol. The largest absolute Gasteiger partial charge is 0.507 e. The number of morpholine rings is 1. The van der Waals surface area contributed by atoms with Gasteiger partial charge in [-0.15, -0.1) is 0 Å². The number of benzene rings is 2. The predicted octanol–water partition coefficient (Wildman–Crippen LogP) is 5.70. The number of phenolic OH excluding ortho intramolecular Hbond substituents is 1. The zero-order valence-corrected chi connectivity index (χ0v) is 19.5. The Hall–Kier alpha value is -4.03. The molecule has 7 rings (SSSR count). The van der Waals surface area contributed by atoms with Crippen LogP contribution in [0.2, 0.25) is 0 Å². The lowest BCUT2D eigenvalue weighted by atomic mass is 9.89. The van der Waals surface area contributed by atoms with Gasteiger partial charge in [-0.3, -0.25) is 4.98 Å². The summed E-state index contributed by atoms with van der Waals surface area (Å²) < 4.78 is 7.88. The van der Waals surface area contributed by atoms with Gasteiger partial charge in [-0.05, 0) is 59.7 Å². The number of hydrogen-bond donors (Lipinski definition) is 2. The molecule has 1 saturated heterocycles. The fourth-order valence-electron chi connectivity index (χ4n) is 5.70. The summed E-state index contributed by atoms with van der Waals surface area (Å²) in [7, 11) is 0. The lowest BCUT2D eigenvalue weighted by Gasteiger charge is -2.32. The maximum atomic E-state index is 11.1. The van der Waals surface area contributed by atoms with Gasteiger partial charge in [0.1, 0.15) is 5.75 Å². The van der Waals surface area contributed by atoms with E-state index in [0.29, 0.717) is 0 Å². The van der Waals surface area contributed by atoms with Crippen LogP contribution in [0, 0.1) is 0 Å². The van der Waals surface area contributed by atoms with Crippen molar-refractivity contribution in [3.8, 4) is 34.0 Å². The molecule has 5 aromatic rings. The average Bonchev–Trinajstić information content (AvgIpc) is 3.52. The smallest absolute Gasteiger partial charge is 0.127 e. The molecule has 4 bridgehead atoms. The Labute approximate surface area is 203 Å². The molecule has 0 amide bonds. The number of anilines is 1. The number of ether oxygens (including phenoxy) is 1. The minimum atomic E-state index is 0.165. The molecule has 35 heavy (non-hydrogen) atoms. The van der Waals surface area contributed by atoms with Gasteiger partial charge in [0.05, 0.1) is 24.6 Å². The van der Waals surface area contributed by atoms with Gasteiger partial charge in [-0.1, -0.05) is 6.92 Å². The maximum Gasteiger partial charge on any atom is 0.127 e. The van der Waals surface area contributed by atoms with Crippen LogP contribution in [0.4, 0.5) is 5.69 Å². The van der Waals surface area contributed by atoms with Gasteiger partial charge in [0.25, 0.3) is 0 Å². The molecule has 0 saturated carbocycles. The van der Waals surface area contributed by atoms with Crippen molar-refractivity contribution in [1.29, 1.82) is 0 Å². The number of hydrogen-bond acceptors (Lipinski definition) is 4. The molecule has 2 N–H and O–H groups in total. The molecule has 2 aliphatic rings. The highest BCUT2D eigenvalue weighted by atomic mass is 16.5. The number of phenols is 1. The number of nitrogens with one attached hydrogen (secondary N) is 1. The van der Waals surface area contributed by atoms with Crippen molar-refractivity contribution in [1.82, 2.24) is 14.5 Å². The van der Waals surface area contributed by atoms with E-state index in [-0.39, 0.29) is 11.7 Å². The van der Waals surface area contributed by atoms with E-state index in [1.54, 1.807) is 6.20 Å². The highest BCUT2D eigenvalue weighted by Crippen LogP contribution is 2.44. The first-order valence-corrected chi connectivity index (χ1v) is 12.1. The first-order chi connectivity index (χ1) is 17.2. The fourth-order valence-corrected chi connectivity index (χ4v) is 5.70. The quantitative estimate of drug-likeness (QED) is 0.353. The van der Waals surface area contributed by atoms with Gasteiger partial charge in [0.15, 0.2) is 0 Å². The Kier molecular flexibility index (Phi) is 4.51. The molecule has 0 aliphatic carbocycles. The van der Waals surface area contributed by atoms with E-state index >= 15 is 0 Å². The van der Waals surface area contributed by atoms with Crippen molar-refractivity contribution in [3.05, 3.63) is 84.3 Å². The first kappa shape index (κ1) is 20.4. The monoisotopic (exact) mass is 462 g/mol. The van der Waals surface area contributed by atoms with E-state index in [0.717, 1.165) is 65.4 Å². The summed E-state index contributed by atoms with van der Waals surface area (Å²) in [6.07, 6.45) is 5.77. The highest BCUT2D eigenvalue weighted by Gasteiger charge is 2.26. The highest BCUT2D eigenvalue weighted by molar-refractivity contribution is 5.92. The summed E-state index contributed by atoms with van der Waals surface area (Å²) in [4.78, 5) is 10.2. The van der Waals surface area contributed by atoms with Gasteiger partial charge in [-0.25, -0.2) is 0 Å². The van der Waals surface area contributed by atoms with Crippen molar-refractivity contribution >= 4 is 16.6 Å². The number of nitrogens with zero attached hydrogens (tertiary/aromatic N) is 3. The number of H-pyrrole nitrogens is 1. The number of aromatic amines is 1. The molecule has 0 radical (unpaired) electrons. The number of aromatic hydroxyl groups is 1. The summed E-state index contributed by atoms with van der Waals surface area (Å²) >= 11 is 0. The molecule has 1 atom stereocenters. The first-order valence-electron chi connectivity index (χ1n) is 12.1. The Morgan fingerprint density at radius 2 is 1.86 bits per heavy atom. The fraction of sp³-hybridized carbons (Fsp3) is 0.207. The SMILES string of the molecule is CC1c2cc(ccc2N2CCOCC2)-n2c(-c3cccnc3)ccc2-c2cc3c1c[nH]c3cc2O. The summed E-state index contributed by atoms with van der Waals surface area (Å²) in [5.74, 6) is 0.430. The van der Waals surface area contributed by atoms with Crippen LogP contribution in [0.1, 0.15) is 24.0 Å². The Morgan fingerprint density at radius 3 is 2.69 bits per heavy atom. The normalized spacial score (nSPS) is 17.1. The van der Waals surface area contributed by atoms with Crippen molar-refractivity contribution in [2.45, 2.75) is 12.8 Å². The van der Waals surface area contributed by atoms with Gasteiger partial charge in [0.2, 0.25) is 0 Å². The van der Waals surface area contributed by atoms with Gasteiger partial charge in [-0.2, -0.15) is 0 Å². The Morgan fingerprint density at radius 1 is 1.00 bits per heavy atom. The summed E-state index contributed by atoms with van der Waals surface area (Å²) in [5.41, 5.74) is 9.65. The molecule has 6 heteroatoms. The standard InChI is InChI=1S/C29H26N4O2/c1-18-21-13-20(4-5-27(21)32-9-11-35-12-10-32)33-26(19-3-2-8-30-16-19)6-7-28(33)23-14-22-24(18)17-31-25(22)15-29(23)34/h2-8,13-18,31,34H,9-12H2,1H3. The van der Waals surface area contributed by atoms with E-state index in [1.165, 1.54) is 16.8 Å². The van der Waals surface area contributed by atoms with Gasteiger partial charge >= 0.3 is 0 Å². The van der Waals surface area contributed by atoms with Crippen LogP contribution in [0.3, 0.4) is 0 Å². The van der Waals surface area contributed by atoms with Crippen LogP contribution in [-0.4, -0.2) is 45.9 Å². The van der Waals surface area contributed by atoms with Crippen LogP contribution >= 0.6 is 0 Å². The molecule has 6 nitrogen and oxygen atoms in total. The molecule has 2 aromatic carbocycles. The summed E-state index contributed by atoms with van der Waals surface area (Å²) in [6, 6.07) is 19.0. The second kappa shape index (κ2) is 7.75. The molecule has 3 aromatic heterocycles. The number of fused-ring (bicyclic) bond motifs is 6. The van der Waals surface area contributed by atoms with Gasteiger partial charge < -0.3 is 24.3 Å². The van der Waals surface area contributed by atoms with Crippen molar-refractivity contribution in [3.63, 3.8) is 0 Å². The molecule has 1 fully saturated rings. The summed E-state index contributed by atoms with van der Waals surface area (Å²) in [6.45, 7) is 5.55.